The fourth-order valence-corrected chi connectivity index (χ4v) is 5.83. The van der Waals surface area contributed by atoms with E-state index < -0.39 is 16.1 Å². The van der Waals surface area contributed by atoms with Gasteiger partial charge in [-0.15, -0.1) is 21.5 Å². The van der Waals surface area contributed by atoms with E-state index in [1.54, 1.807) is 23.3 Å². The van der Waals surface area contributed by atoms with Crippen LogP contribution in [0.25, 0.3) is 10.8 Å². The van der Waals surface area contributed by atoms with Gasteiger partial charge >= 0.3 is 0 Å². The van der Waals surface area contributed by atoms with E-state index in [-0.39, 0.29) is 4.90 Å². The first-order chi connectivity index (χ1) is 12.9. The third-order valence-electron chi connectivity index (χ3n) is 4.68. The van der Waals surface area contributed by atoms with Gasteiger partial charge in [-0.05, 0) is 33.6 Å². The van der Waals surface area contributed by atoms with Gasteiger partial charge in [-0.25, -0.2) is 13.4 Å². The van der Waals surface area contributed by atoms with Crippen LogP contribution in [0.15, 0.2) is 21.0 Å². The van der Waals surface area contributed by atoms with Gasteiger partial charge in [0.2, 0.25) is 15.9 Å². The summed E-state index contributed by atoms with van der Waals surface area (Å²) in [6.07, 6.45) is 2.96. The lowest BCUT2D eigenvalue weighted by Crippen LogP contribution is -2.31. The lowest BCUT2D eigenvalue weighted by molar-refractivity contribution is 0.332. The number of aryl methyl sites for hydroxylation is 3. The average Bonchev–Trinajstić information content (AvgIpc) is 3.40. The molecule has 3 aromatic heterocycles. The molecular formula is C16H20N6O3S2. The minimum atomic E-state index is -3.70. The van der Waals surface area contributed by atoms with Crippen LogP contribution < -0.4 is 0 Å². The summed E-state index contributed by atoms with van der Waals surface area (Å²) < 4.78 is 35.4. The summed E-state index contributed by atoms with van der Waals surface area (Å²) in [5.41, 5.74) is 3.03. The SMILES string of the molecule is CCn1cc(S(=O)(=O)N2CCCC2c2nnc(-c3scnc3C)o2)c(C)n1. The number of hydrogen-bond donors (Lipinski definition) is 0. The fraction of sp³-hybridized carbons (Fsp3) is 0.500. The van der Waals surface area contributed by atoms with E-state index in [2.05, 4.69) is 20.3 Å². The largest absolute Gasteiger partial charge is 0.418 e. The number of rotatable bonds is 5. The monoisotopic (exact) mass is 408 g/mol. The van der Waals surface area contributed by atoms with Crippen LogP contribution in [0.1, 0.15) is 43.1 Å². The van der Waals surface area contributed by atoms with Crippen molar-refractivity contribution in [1.82, 2.24) is 29.3 Å². The molecule has 1 saturated heterocycles. The van der Waals surface area contributed by atoms with E-state index in [1.165, 1.54) is 15.6 Å². The lowest BCUT2D eigenvalue weighted by Gasteiger charge is -2.20. The first kappa shape index (κ1) is 18.3. The number of sulfonamides is 1. The molecule has 1 aliphatic rings. The van der Waals surface area contributed by atoms with Crippen molar-refractivity contribution in [3.05, 3.63) is 29.0 Å². The summed E-state index contributed by atoms with van der Waals surface area (Å²) in [7, 11) is -3.70. The molecule has 1 fully saturated rings. The van der Waals surface area contributed by atoms with Crippen molar-refractivity contribution in [1.29, 1.82) is 0 Å². The molecule has 9 nitrogen and oxygen atoms in total. The summed E-state index contributed by atoms with van der Waals surface area (Å²) in [6.45, 7) is 6.53. The Hall–Kier alpha value is -2.11. The van der Waals surface area contributed by atoms with Crippen LogP contribution in [-0.4, -0.2) is 44.2 Å². The van der Waals surface area contributed by atoms with Crippen LogP contribution >= 0.6 is 11.3 Å². The fourth-order valence-electron chi connectivity index (χ4n) is 3.28. The number of aromatic nitrogens is 5. The first-order valence-corrected chi connectivity index (χ1v) is 11.0. The second-order valence-corrected chi connectivity index (χ2v) is 9.13. The molecule has 1 aliphatic heterocycles. The summed E-state index contributed by atoms with van der Waals surface area (Å²) in [5, 5.41) is 12.5. The minimum absolute atomic E-state index is 0.231. The second-order valence-electron chi connectivity index (χ2n) is 6.42. The maximum absolute atomic E-state index is 13.2. The zero-order valence-corrected chi connectivity index (χ0v) is 16.9. The zero-order chi connectivity index (χ0) is 19.2. The van der Waals surface area contributed by atoms with E-state index in [0.717, 1.165) is 17.0 Å². The summed E-state index contributed by atoms with van der Waals surface area (Å²) in [5.74, 6) is 0.698. The average molecular weight is 409 g/mol. The van der Waals surface area contributed by atoms with Gasteiger partial charge in [0.15, 0.2) is 0 Å². The topological polar surface area (TPSA) is 107 Å². The van der Waals surface area contributed by atoms with Gasteiger partial charge in [0, 0.05) is 19.3 Å². The Balaban J connectivity index is 1.67. The number of hydrogen-bond acceptors (Lipinski definition) is 8. The molecule has 0 spiro atoms. The molecule has 0 aliphatic carbocycles. The van der Waals surface area contributed by atoms with Gasteiger partial charge in [-0.2, -0.15) is 9.40 Å². The van der Waals surface area contributed by atoms with Crippen LogP contribution in [0.4, 0.5) is 0 Å². The van der Waals surface area contributed by atoms with Gasteiger partial charge in [0.05, 0.1) is 16.9 Å². The maximum Gasteiger partial charge on any atom is 0.259 e. The summed E-state index contributed by atoms with van der Waals surface area (Å²) in [4.78, 5) is 5.23. The van der Waals surface area contributed by atoms with E-state index >= 15 is 0 Å². The van der Waals surface area contributed by atoms with Crippen molar-refractivity contribution in [3.63, 3.8) is 0 Å². The Bertz CT molecular complexity index is 1070. The van der Waals surface area contributed by atoms with Crippen molar-refractivity contribution >= 4 is 21.4 Å². The Labute approximate surface area is 161 Å². The molecule has 11 heteroatoms. The molecule has 27 heavy (non-hydrogen) atoms. The van der Waals surface area contributed by atoms with Gasteiger partial charge < -0.3 is 4.42 Å². The summed E-state index contributed by atoms with van der Waals surface area (Å²) in [6, 6.07) is -0.464. The smallest absolute Gasteiger partial charge is 0.259 e. The van der Waals surface area contributed by atoms with Gasteiger partial charge in [-0.1, -0.05) is 0 Å². The highest BCUT2D eigenvalue weighted by Gasteiger charge is 2.40. The second kappa shape index (κ2) is 6.80. The van der Waals surface area contributed by atoms with Crippen molar-refractivity contribution < 1.29 is 12.8 Å². The molecule has 0 bridgehead atoms. The third-order valence-corrected chi connectivity index (χ3v) is 7.61. The highest BCUT2D eigenvalue weighted by atomic mass is 32.2. The molecule has 144 valence electrons. The molecule has 1 atom stereocenters. The van der Waals surface area contributed by atoms with E-state index in [4.69, 9.17) is 4.42 Å². The molecule has 0 radical (unpaired) electrons. The first-order valence-electron chi connectivity index (χ1n) is 8.71. The lowest BCUT2D eigenvalue weighted by atomic mass is 10.2. The van der Waals surface area contributed by atoms with Gasteiger partial charge in [-0.3, -0.25) is 4.68 Å². The van der Waals surface area contributed by atoms with E-state index in [0.29, 0.717) is 37.0 Å². The van der Waals surface area contributed by atoms with Crippen LogP contribution in [0.3, 0.4) is 0 Å². The Morgan fingerprint density at radius 3 is 2.78 bits per heavy atom. The maximum atomic E-state index is 13.2. The molecule has 0 N–H and O–H groups in total. The van der Waals surface area contributed by atoms with Crippen LogP contribution in [0, 0.1) is 13.8 Å². The number of thiazole rings is 1. The highest BCUT2D eigenvalue weighted by Crippen LogP contribution is 2.38. The van der Waals surface area contributed by atoms with Gasteiger partial charge in [0.1, 0.15) is 15.8 Å². The van der Waals surface area contributed by atoms with Crippen molar-refractivity contribution in [2.75, 3.05) is 6.54 Å². The van der Waals surface area contributed by atoms with E-state index in [1.807, 2.05) is 13.8 Å². The minimum Gasteiger partial charge on any atom is -0.418 e. The predicted molar refractivity (Wildman–Crippen MR) is 98.6 cm³/mol. The summed E-state index contributed by atoms with van der Waals surface area (Å²) >= 11 is 1.42. The predicted octanol–water partition coefficient (Wildman–Crippen LogP) is 2.55. The Morgan fingerprint density at radius 1 is 1.30 bits per heavy atom. The molecule has 0 amide bonds. The molecule has 1 unspecified atom stereocenters. The van der Waals surface area contributed by atoms with Crippen LogP contribution in [0.2, 0.25) is 0 Å². The normalized spacial score (nSPS) is 18.4. The molecule has 4 rings (SSSR count). The van der Waals surface area contributed by atoms with E-state index in [9.17, 15) is 8.42 Å². The van der Waals surface area contributed by atoms with Crippen molar-refractivity contribution in [3.8, 4) is 10.8 Å². The molecule has 3 aromatic rings. The van der Waals surface area contributed by atoms with Crippen LogP contribution in [-0.2, 0) is 16.6 Å². The molecule has 4 heterocycles. The van der Waals surface area contributed by atoms with Crippen molar-refractivity contribution in [2.45, 2.75) is 51.1 Å². The zero-order valence-electron chi connectivity index (χ0n) is 15.3. The Kier molecular flexibility index (Phi) is 4.60. The van der Waals surface area contributed by atoms with Crippen LogP contribution in [0.5, 0.6) is 0 Å². The highest BCUT2D eigenvalue weighted by molar-refractivity contribution is 7.89. The quantitative estimate of drug-likeness (QED) is 0.638. The molecule has 0 aromatic carbocycles. The number of nitrogens with zero attached hydrogens (tertiary/aromatic N) is 6. The van der Waals surface area contributed by atoms with Crippen molar-refractivity contribution in [2.24, 2.45) is 0 Å². The molecular weight excluding hydrogens is 388 g/mol. The Morgan fingerprint density at radius 2 is 2.11 bits per heavy atom. The molecule has 0 saturated carbocycles. The van der Waals surface area contributed by atoms with Gasteiger partial charge in [0.25, 0.3) is 5.89 Å². The standard InChI is InChI=1S/C16H20N6O3S2/c1-4-21-8-13(10(2)20-21)27(23,24)22-7-5-6-12(22)15-18-19-16(25-15)14-11(3)17-9-26-14/h8-9,12H,4-7H2,1-3H3. The third kappa shape index (κ3) is 3.09.